The van der Waals surface area contributed by atoms with Crippen molar-refractivity contribution in [3.8, 4) is 0 Å². The Morgan fingerprint density at radius 3 is 2.80 bits per heavy atom. The Bertz CT molecular complexity index is 451. The maximum Gasteiger partial charge on any atom is 0.145 e. The molecule has 3 N–H and O–H groups in total. The molecule has 0 unspecified atom stereocenters. The van der Waals surface area contributed by atoms with Gasteiger partial charge in [0.25, 0.3) is 0 Å². The van der Waals surface area contributed by atoms with Gasteiger partial charge in [-0.1, -0.05) is 23.7 Å². The summed E-state index contributed by atoms with van der Waals surface area (Å²) in [5.41, 5.74) is 7.78. The van der Waals surface area contributed by atoms with Crippen molar-refractivity contribution < 1.29 is 0 Å². The highest BCUT2D eigenvalue weighted by Crippen LogP contribution is 2.13. The van der Waals surface area contributed by atoms with Gasteiger partial charge in [-0.15, -0.1) is 0 Å². The lowest BCUT2D eigenvalue weighted by molar-refractivity contribution is 0.894. The molecule has 0 aliphatic carbocycles. The van der Waals surface area contributed by atoms with E-state index in [2.05, 4.69) is 16.3 Å². The third-order valence-electron chi connectivity index (χ3n) is 2.22. The number of nitrogen functional groups attached to an aromatic ring is 1. The molecule has 78 valence electrons. The molecular weight excluding hydrogens is 210 g/mol. The van der Waals surface area contributed by atoms with E-state index in [0.29, 0.717) is 5.82 Å². The van der Waals surface area contributed by atoms with E-state index in [-0.39, 0.29) is 0 Å². The summed E-state index contributed by atoms with van der Waals surface area (Å²) in [6.07, 6.45) is 1.83. The van der Waals surface area contributed by atoms with Gasteiger partial charge >= 0.3 is 0 Å². The second kappa shape index (κ2) is 4.36. The third-order valence-corrected chi connectivity index (χ3v) is 2.46. The number of anilines is 1. The lowest BCUT2D eigenvalue weighted by Gasteiger charge is -1.99. The fraction of sp³-hybridized carbons (Fsp3) is 0.182. The molecule has 0 aliphatic heterocycles. The van der Waals surface area contributed by atoms with Crippen molar-refractivity contribution >= 4 is 17.4 Å². The molecular formula is C11H12ClN3. The monoisotopic (exact) mass is 221 g/mol. The summed E-state index contributed by atoms with van der Waals surface area (Å²) in [5.74, 6) is 0.538. The quantitative estimate of drug-likeness (QED) is 0.837. The second-order valence-electron chi connectivity index (χ2n) is 3.45. The van der Waals surface area contributed by atoms with Gasteiger partial charge in [-0.2, -0.15) is 5.10 Å². The molecule has 3 nitrogen and oxygen atoms in total. The number of hydrogen-bond donors (Lipinski definition) is 2. The van der Waals surface area contributed by atoms with Crippen molar-refractivity contribution in [1.29, 1.82) is 0 Å². The van der Waals surface area contributed by atoms with Crippen molar-refractivity contribution in [2.75, 3.05) is 5.73 Å². The molecule has 0 spiro atoms. The molecule has 1 aromatic carbocycles. The highest BCUT2D eigenvalue weighted by atomic mass is 35.5. The number of nitrogens with one attached hydrogen (secondary N) is 1. The Morgan fingerprint density at radius 2 is 2.13 bits per heavy atom. The van der Waals surface area contributed by atoms with Crippen LogP contribution < -0.4 is 5.73 Å². The van der Waals surface area contributed by atoms with Gasteiger partial charge < -0.3 is 5.73 Å². The molecule has 0 radical (unpaired) electrons. The molecule has 15 heavy (non-hydrogen) atoms. The van der Waals surface area contributed by atoms with E-state index < -0.39 is 0 Å². The first kappa shape index (κ1) is 10.1. The fourth-order valence-electron chi connectivity index (χ4n) is 1.48. The van der Waals surface area contributed by atoms with Crippen LogP contribution in [0.5, 0.6) is 0 Å². The van der Waals surface area contributed by atoms with Crippen molar-refractivity contribution in [1.82, 2.24) is 10.2 Å². The predicted octanol–water partition coefficient (Wildman–Crippen LogP) is 2.43. The SMILES string of the molecule is Nc1cc(CCc2cccc(Cl)c2)[nH]n1. The minimum absolute atomic E-state index is 0.538. The summed E-state index contributed by atoms with van der Waals surface area (Å²) < 4.78 is 0. The number of aromatic nitrogens is 2. The number of nitrogens with two attached hydrogens (primary N) is 1. The lowest BCUT2D eigenvalue weighted by Crippen LogP contribution is -1.91. The molecule has 0 bridgehead atoms. The molecule has 2 aromatic rings. The van der Waals surface area contributed by atoms with Crippen LogP contribution >= 0.6 is 11.6 Å². The van der Waals surface area contributed by atoms with E-state index in [0.717, 1.165) is 23.6 Å². The minimum Gasteiger partial charge on any atom is -0.382 e. The highest BCUT2D eigenvalue weighted by molar-refractivity contribution is 6.30. The third kappa shape index (κ3) is 2.73. The van der Waals surface area contributed by atoms with Crippen molar-refractivity contribution in [3.63, 3.8) is 0 Å². The maximum absolute atomic E-state index is 5.89. The second-order valence-corrected chi connectivity index (χ2v) is 3.88. The number of aromatic amines is 1. The molecule has 2 rings (SSSR count). The van der Waals surface area contributed by atoms with Gasteiger partial charge in [0.1, 0.15) is 5.82 Å². The number of rotatable bonds is 3. The van der Waals surface area contributed by atoms with Crippen LogP contribution in [0.1, 0.15) is 11.3 Å². The van der Waals surface area contributed by atoms with Gasteiger partial charge in [0.15, 0.2) is 0 Å². The van der Waals surface area contributed by atoms with Crippen molar-refractivity contribution in [2.45, 2.75) is 12.8 Å². The molecule has 4 heteroatoms. The average molecular weight is 222 g/mol. The van der Waals surface area contributed by atoms with E-state index in [4.69, 9.17) is 17.3 Å². The number of hydrogen-bond acceptors (Lipinski definition) is 2. The molecule has 0 atom stereocenters. The molecule has 0 saturated heterocycles. The summed E-state index contributed by atoms with van der Waals surface area (Å²) >= 11 is 5.89. The van der Waals surface area contributed by atoms with Crippen LogP contribution in [0.4, 0.5) is 5.82 Å². The normalized spacial score (nSPS) is 10.5. The molecule has 0 aliphatic rings. The summed E-state index contributed by atoms with van der Waals surface area (Å²) in [7, 11) is 0. The first-order valence-corrected chi connectivity index (χ1v) is 5.16. The molecule has 0 amide bonds. The Morgan fingerprint density at radius 1 is 1.27 bits per heavy atom. The van der Waals surface area contributed by atoms with E-state index in [1.807, 2.05) is 24.3 Å². The van der Waals surface area contributed by atoms with Crippen LogP contribution in [0.15, 0.2) is 30.3 Å². The lowest BCUT2D eigenvalue weighted by atomic mass is 10.1. The standard InChI is InChI=1S/C11H12ClN3/c12-9-3-1-2-8(6-9)4-5-10-7-11(13)15-14-10/h1-3,6-7H,4-5H2,(H3,13,14,15). The summed E-state index contributed by atoms with van der Waals surface area (Å²) in [5, 5.41) is 7.53. The number of H-pyrrole nitrogens is 1. The predicted molar refractivity (Wildman–Crippen MR) is 61.9 cm³/mol. The summed E-state index contributed by atoms with van der Waals surface area (Å²) in [6.45, 7) is 0. The summed E-state index contributed by atoms with van der Waals surface area (Å²) in [6, 6.07) is 9.72. The molecule has 0 fully saturated rings. The van der Waals surface area contributed by atoms with Gasteiger partial charge in [-0.05, 0) is 30.5 Å². The van der Waals surface area contributed by atoms with Crippen LogP contribution in [0, 0.1) is 0 Å². The van der Waals surface area contributed by atoms with E-state index in [1.165, 1.54) is 5.56 Å². The smallest absolute Gasteiger partial charge is 0.145 e. The first-order chi connectivity index (χ1) is 7.24. The Labute approximate surface area is 93.3 Å². The number of nitrogens with zero attached hydrogens (tertiary/aromatic N) is 1. The van der Waals surface area contributed by atoms with Crippen LogP contribution in [0.2, 0.25) is 5.02 Å². The molecule has 1 heterocycles. The summed E-state index contributed by atoms with van der Waals surface area (Å²) in [4.78, 5) is 0. The topological polar surface area (TPSA) is 54.7 Å². The van der Waals surface area contributed by atoms with Gasteiger partial charge in [0.05, 0.1) is 0 Å². The maximum atomic E-state index is 5.89. The van der Waals surface area contributed by atoms with E-state index in [9.17, 15) is 0 Å². The number of aryl methyl sites for hydroxylation is 2. The van der Waals surface area contributed by atoms with Gasteiger partial charge in [-0.3, -0.25) is 5.10 Å². The van der Waals surface area contributed by atoms with E-state index >= 15 is 0 Å². The highest BCUT2D eigenvalue weighted by Gasteiger charge is 1.99. The van der Waals surface area contributed by atoms with Gasteiger partial charge in [-0.25, -0.2) is 0 Å². The number of halogens is 1. The van der Waals surface area contributed by atoms with Gasteiger partial charge in [0, 0.05) is 16.8 Å². The van der Waals surface area contributed by atoms with Crippen LogP contribution in [-0.2, 0) is 12.8 Å². The zero-order valence-electron chi connectivity index (χ0n) is 8.20. The Hall–Kier alpha value is -1.48. The van der Waals surface area contributed by atoms with Crippen LogP contribution in [-0.4, -0.2) is 10.2 Å². The zero-order valence-corrected chi connectivity index (χ0v) is 8.96. The van der Waals surface area contributed by atoms with Crippen LogP contribution in [0.25, 0.3) is 0 Å². The average Bonchev–Trinajstić information content (AvgIpc) is 2.62. The van der Waals surface area contributed by atoms with Gasteiger partial charge in [0.2, 0.25) is 0 Å². The Balaban J connectivity index is 1.99. The molecule has 0 saturated carbocycles. The van der Waals surface area contributed by atoms with Crippen molar-refractivity contribution in [2.24, 2.45) is 0 Å². The minimum atomic E-state index is 0.538. The molecule has 1 aromatic heterocycles. The van der Waals surface area contributed by atoms with E-state index in [1.54, 1.807) is 0 Å². The zero-order chi connectivity index (χ0) is 10.7. The van der Waals surface area contributed by atoms with Crippen LogP contribution in [0.3, 0.4) is 0 Å². The Kier molecular flexibility index (Phi) is 2.92. The largest absolute Gasteiger partial charge is 0.382 e. The number of benzene rings is 1. The first-order valence-electron chi connectivity index (χ1n) is 4.78. The fourth-order valence-corrected chi connectivity index (χ4v) is 1.69. The van der Waals surface area contributed by atoms with Crippen molar-refractivity contribution in [3.05, 3.63) is 46.6 Å².